The van der Waals surface area contributed by atoms with Crippen LogP contribution in [0.1, 0.15) is 53.2 Å². The quantitative estimate of drug-likeness (QED) is 0.238. The number of ether oxygens (including phenoxy) is 2. The maximum absolute atomic E-state index is 13.2. The van der Waals surface area contributed by atoms with Gasteiger partial charge < -0.3 is 14.4 Å². The zero-order valence-electron chi connectivity index (χ0n) is 27.1. The summed E-state index contributed by atoms with van der Waals surface area (Å²) in [6.45, 7) is 2.72. The summed E-state index contributed by atoms with van der Waals surface area (Å²) in [4.78, 5) is 43.9. The summed E-state index contributed by atoms with van der Waals surface area (Å²) in [5.41, 5.74) is 5.14. The van der Waals surface area contributed by atoms with E-state index in [1.54, 1.807) is 17.0 Å². The molecule has 0 radical (unpaired) electrons. The van der Waals surface area contributed by atoms with Crippen molar-refractivity contribution in [2.45, 2.75) is 57.4 Å². The van der Waals surface area contributed by atoms with E-state index >= 15 is 0 Å². The Labute approximate surface area is 283 Å². The first-order valence-electron chi connectivity index (χ1n) is 16.6. The van der Waals surface area contributed by atoms with E-state index in [0.29, 0.717) is 24.3 Å². The number of aromatic nitrogens is 1. The molecule has 0 saturated carbocycles. The lowest BCUT2D eigenvalue weighted by Gasteiger charge is -2.31. The molecule has 1 fully saturated rings. The molecule has 1 aliphatic carbocycles. The molecule has 8 nitrogen and oxygen atoms in total. The van der Waals surface area contributed by atoms with Crippen molar-refractivity contribution in [3.63, 3.8) is 0 Å². The normalized spacial score (nSPS) is 20.0. The number of pyridine rings is 1. The zero-order chi connectivity index (χ0) is 33.5. The molecular weight excluding hydrogens is 614 g/mol. The highest BCUT2D eigenvalue weighted by Crippen LogP contribution is 2.34. The van der Waals surface area contributed by atoms with Crippen LogP contribution in [0.2, 0.25) is 0 Å². The number of rotatable bonds is 8. The van der Waals surface area contributed by atoms with E-state index in [1.165, 1.54) is 11.1 Å². The highest BCUT2D eigenvalue weighted by atomic mass is 16.5. The van der Waals surface area contributed by atoms with Gasteiger partial charge in [0.25, 0.3) is 5.91 Å². The van der Waals surface area contributed by atoms with Gasteiger partial charge in [-0.25, -0.2) is 4.98 Å². The summed E-state index contributed by atoms with van der Waals surface area (Å²) in [5.74, 6) is 0.499. The van der Waals surface area contributed by atoms with E-state index in [4.69, 9.17) is 14.5 Å². The third-order valence-electron chi connectivity index (χ3n) is 9.61. The molecule has 1 saturated heterocycles. The van der Waals surface area contributed by atoms with Crippen LogP contribution < -0.4 is 25.4 Å². The Hall–Kier alpha value is -5.76. The van der Waals surface area contributed by atoms with E-state index in [9.17, 15) is 14.4 Å². The van der Waals surface area contributed by atoms with Crippen molar-refractivity contribution in [1.82, 2.24) is 15.2 Å². The van der Waals surface area contributed by atoms with Crippen molar-refractivity contribution in [3.05, 3.63) is 136 Å². The van der Waals surface area contributed by atoms with Crippen molar-refractivity contribution in [3.8, 4) is 11.5 Å². The second-order valence-corrected chi connectivity index (χ2v) is 13.2. The van der Waals surface area contributed by atoms with Crippen LogP contribution in [0.15, 0.2) is 103 Å². The standard InChI is InChI=1S/C41H35N3O5/c1-41(49-30-9-3-2-4-10-30)22-29(32-21-28-8-5-6-12-34(28)42-35(32)23-41)20-26-14-16-27(17-15-26)25-48-37-13-7-11-31-33(37)24-44(40(31)47)36-18-19-38(45)43-39(36)46/h2-17,21,23,36H,18-20,22,24-25H2,1H3,(H,43,45,46). The molecule has 0 spiro atoms. The van der Waals surface area contributed by atoms with Crippen LogP contribution in [0.3, 0.4) is 0 Å². The molecule has 244 valence electrons. The predicted molar refractivity (Wildman–Crippen MR) is 186 cm³/mol. The fourth-order valence-electron chi connectivity index (χ4n) is 7.22. The van der Waals surface area contributed by atoms with E-state index in [0.717, 1.165) is 51.2 Å². The fourth-order valence-corrected chi connectivity index (χ4v) is 7.22. The van der Waals surface area contributed by atoms with Gasteiger partial charge in [-0.1, -0.05) is 72.3 Å². The monoisotopic (exact) mass is 649 g/mol. The minimum absolute atomic E-state index is 0.216. The molecule has 2 unspecified atom stereocenters. The molecular formula is C41H35N3O5. The SMILES string of the molecule is CC1(Oc2ccccc2)C=c2nc3ccccc3cc2=C(Cc2ccc(COc3cccc4c3CN(C3CCC(=O)NC3=O)C4=O)cc2)C1. The molecule has 1 N–H and O–H groups in total. The first-order chi connectivity index (χ1) is 23.8. The van der Waals surface area contributed by atoms with Crippen LogP contribution >= 0.6 is 0 Å². The Morgan fingerprint density at radius 2 is 1.67 bits per heavy atom. The Kier molecular flexibility index (Phi) is 7.71. The number of amides is 3. The minimum atomic E-state index is -0.665. The average molecular weight is 650 g/mol. The van der Waals surface area contributed by atoms with Gasteiger partial charge in [-0.3, -0.25) is 19.7 Å². The molecule has 8 heteroatoms. The molecule has 8 rings (SSSR count). The summed E-state index contributed by atoms with van der Waals surface area (Å²) in [6.07, 6.45) is 4.17. The van der Waals surface area contributed by atoms with E-state index in [2.05, 4.69) is 54.7 Å². The number of piperidine rings is 1. The topological polar surface area (TPSA) is 97.8 Å². The number of nitrogens with zero attached hydrogens (tertiary/aromatic N) is 2. The number of hydrogen-bond acceptors (Lipinski definition) is 6. The second kappa shape index (κ2) is 12.4. The Balaban J connectivity index is 1.01. The summed E-state index contributed by atoms with van der Waals surface area (Å²) >= 11 is 0. The summed E-state index contributed by atoms with van der Waals surface area (Å²) in [6, 6.07) is 33.6. The fraction of sp³-hybridized carbons (Fsp3) is 0.220. The van der Waals surface area contributed by atoms with Crippen LogP contribution in [-0.2, 0) is 29.2 Å². The van der Waals surface area contributed by atoms with Crippen molar-refractivity contribution >= 4 is 40.3 Å². The molecule has 2 atom stereocenters. The lowest BCUT2D eigenvalue weighted by atomic mass is 9.86. The summed E-state index contributed by atoms with van der Waals surface area (Å²) in [5, 5.41) is 5.56. The second-order valence-electron chi connectivity index (χ2n) is 13.2. The third kappa shape index (κ3) is 6.06. The minimum Gasteiger partial charge on any atom is -0.489 e. The van der Waals surface area contributed by atoms with Crippen molar-refractivity contribution < 1.29 is 23.9 Å². The molecule has 2 aliphatic heterocycles. The molecule has 3 amide bonds. The third-order valence-corrected chi connectivity index (χ3v) is 9.61. The smallest absolute Gasteiger partial charge is 0.255 e. The number of hydrogen-bond donors (Lipinski definition) is 1. The van der Waals surface area contributed by atoms with Gasteiger partial charge in [0.1, 0.15) is 29.7 Å². The highest BCUT2D eigenvalue weighted by Gasteiger charge is 2.40. The van der Waals surface area contributed by atoms with Crippen LogP contribution in [0.4, 0.5) is 0 Å². The van der Waals surface area contributed by atoms with Crippen LogP contribution in [0.25, 0.3) is 22.6 Å². The molecule has 1 aromatic heterocycles. The molecule has 3 aliphatic rings. The number of nitrogens with one attached hydrogen (secondary N) is 1. The Morgan fingerprint density at radius 1 is 0.898 bits per heavy atom. The van der Waals surface area contributed by atoms with Gasteiger partial charge in [-0.05, 0) is 73.4 Å². The summed E-state index contributed by atoms with van der Waals surface area (Å²) in [7, 11) is 0. The molecule has 4 aromatic carbocycles. The largest absolute Gasteiger partial charge is 0.489 e. The van der Waals surface area contributed by atoms with Crippen molar-refractivity contribution in [2.75, 3.05) is 0 Å². The molecule has 5 aromatic rings. The van der Waals surface area contributed by atoms with Crippen molar-refractivity contribution in [2.24, 2.45) is 0 Å². The number of benzene rings is 4. The molecule has 49 heavy (non-hydrogen) atoms. The van der Waals surface area contributed by atoms with Crippen LogP contribution in [0, 0.1) is 0 Å². The van der Waals surface area contributed by atoms with E-state index in [-0.39, 0.29) is 24.8 Å². The van der Waals surface area contributed by atoms with Gasteiger partial charge in [-0.15, -0.1) is 0 Å². The summed E-state index contributed by atoms with van der Waals surface area (Å²) < 4.78 is 12.8. The van der Waals surface area contributed by atoms with E-state index < -0.39 is 17.6 Å². The number of fused-ring (bicyclic) bond motifs is 3. The highest BCUT2D eigenvalue weighted by molar-refractivity contribution is 6.05. The number of carbonyl (C=O) groups is 3. The van der Waals surface area contributed by atoms with Gasteiger partial charge in [0.2, 0.25) is 11.8 Å². The van der Waals surface area contributed by atoms with E-state index in [1.807, 2.05) is 54.6 Å². The number of carbonyl (C=O) groups excluding carboxylic acids is 3. The first kappa shape index (κ1) is 30.6. The van der Waals surface area contributed by atoms with Gasteiger partial charge in [0.15, 0.2) is 0 Å². The van der Waals surface area contributed by atoms with Gasteiger partial charge in [-0.2, -0.15) is 0 Å². The maximum Gasteiger partial charge on any atom is 0.255 e. The molecule has 3 heterocycles. The lowest BCUT2D eigenvalue weighted by Crippen LogP contribution is -2.52. The van der Waals surface area contributed by atoms with Gasteiger partial charge in [0, 0.05) is 34.6 Å². The predicted octanol–water partition coefficient (Wildman–Crippen LogP) is 4.99. The molecule has 0 bridgehead atoms. The average Bonchev–Trinajstić information content (AvgIpc) is 3.43. The lowest BCUT2D eigenvalue weighted by molar-refractivity contribution is -0.136. The van der Waals surface area contributed by atoms with Crippen molar-refractivity contribution in [1.29, 1.82) is 0 Å². The van der Waals surface area contributed by atoms with Crippen LogP contribution in [0.5, 0.6) is 11.5 Å². The number of imide groups is 1. The Morgan fingerprint density at radius 3 is 2.49 bits per heavy atom. The Bertz CT molecular complexity index is 2250. The maximum atomic E-state index is 13.2. The zero-order valence-corrected chi connectivity index (χ0v) is 27.1. The van der Waals surface area contributed by atoms with Crippen LogP contribution in [-0.4, -0.2) is 39.2 Å². The van der Waals surface area contributed by atoms with Gasteiger partial charge >= 0.3 is 0 Å². The first-order valence-corrected chi connectivity index (χ1v) is 16.6. The number of para-hydroxylation sites is 2. The van der Waals surface area contributed by atoms with Gasteiger partial charge in [0.05, 0.1) is 17.4 Å².